The lowest BCUT2D eigenvalue weighted by molar-refractivity contribution is 0.429. The quantitative estimate of drug-likeness (QED) is 0.434. The third-order valence-electron chi connectivity index (χ3n) is 0.959. The van der Waals surface area contributed by atoms with Crippen molar-refractivity contribution >= 4 is 20.6 Å². The van der Waals surface area contributed by atoms with Gasteiger partial charge in [-0.15, -0.1) is 18.2 Å². The van der Waals surface area contributed by atoms with Crippen LogP contribution in [-0.4, -0.2) is 22.0 Å². The molecule has 0 fully saturated rings. The Bertz CT molecular complexity index is 67.4. The average molecular weight is 151 g/mol. The van der Waals surface area contributed by atoms with E-state index in [0.29, 0.717) is 5.88 Å². The van der Waals surface area contributed by atoms with E-state index in [4.69, 9.17) is 16.0 Å². The van der Waals surface area contributed by atoms with Crippen LogP contribution >= 0.6 is 11.6 Å². The fourth-order valence-electron chi connectivity index (χ4n) is 0.439. The molecule has 0 radical (unpaired) electrons. The Morgan fingerprint density at radius 2 is 2.50 bits per heavy atom. The van der Waals surface area contributed by atoms with Gasteiger partial charge in [0.1, 0.15) is 0 Å². The smallest absolute Gasteiger partial charge is 0.201 e. The highest BCUT2D eigenvalue weighted by Crippen LogP contribution is 1.95. The molecule has 0 aliphatic heterocycles. The van der Waals surface area contributed by atoms with Crippen LogP contribution < -0.4 is 0 Å². The first-order valence-electron chi connectivity index (χ1n) is 2.56. The zero-order valence-corrected chi connectivity index (χ0v) is 6.97. The first-order chi connectivity index (χ1) is 3.85. The van der Waals surface area contributed by atoms with Gasteiger partial charge in [0, 0.05) is 13.0 Å². The molecule has 0 saturated heterocycles. The second-order valence-corrected chi connectivity index (χ2v) is 4.46. The van der Waals surface area contributed by atoms with Gasteiger partial charge in [-0.3, -0.25) is 0 Å². The molecule has 1 atom stereocenters. The van der Waals surface area contributed by atoms with E-state index < -0.39 is 9.04 Å². The van der Waals surface area contributed by atoms with Crippen molar-refractivity contribution < 1.29 is 4.43 Å². The summed E-state index contributed by atoms with van der Waals surface area (Å²) in [5, 5.41) is 0. The molecule has 0 aliphatic carbocycles. The standard InChI is InChI=1S/C5H11ClOSi/c1-3-8(7-2)5-4-6/h3,8H,1,4-5H2,2H3. The maximum atomic E-state index is 5.46. The van der Waals surface area contributed by atoms with E-state index in [1.807, 2.05) is 5.70 Å². The van der Waals surface area contributed by atoms with Crippen LogP contribution in [-0.2, 0) is 4.43 Å². The minimum atomic E-state index is -1.06. The fourth-order valence-corrected chi connectivity index (χ4v) is 1.96. The molecule has 0 bridgehead atoms. The molecule has 1 unspecified atom stereocenters. The van der Waals surface area contributed by atoms with Gasteiger partial charge in [0.2, 0.25) is 9.04 Å². The second-order valence-electron chi connectivity index (χ2n) is 1.49. The lowest BCUT2D eigenvalue weighted by Gasteiger charge is -2.03. The van der Waals surface area contributed by atoms with E-state index in [2.05, 4.69) is 6.58 Å². The van der Waals surface area contributed by atoms with Crippen LogP contribution in [0.15, 0.2) is 12.3 Å². The molecule has 0 aliphatic rings. The normalized spacial score (nSPS) is 13.2. The predicted molar refractivity (Wildman–Crippen MR) is 39.9 cm³/mol. The van der Waals surface area contributed by atoms with E-state index >= 15 is 0 Å². The maximum absolute atomic E-state index is 5.46. The topological polar surface area (TPSA) is 9.23 Å². The summed E-state index contributed by atoms with van der Waals surface area (Å²) in [6.07, 6.45) is 0. The first kappa shape index (κ1) is 8.21. The molecule has 8 heavy (non-hydrogen) atoms. The molecule has 0 rings (SSSR count). The highest BCUT2D eigenvalue weighted by Gasteiger charge is 2.00. The minimum absolute atomic E-state index is 0.691. The van der Waals surface area contributed by atoms with Crippen molar-refractivity contribution in [2.45, 2.75) is 6.04 Å². The van der Waals surface area contributed by atoms with Crippen LogP contribution in [0.1, 0.15) is 0 Å². The minimum Gasteiger partial charge on any atom is -0.419 e. The summed E-state index contributed by atoms with van der Waals surface area (Å²) in [7, 11) is 0.653. The predicted octanol–water partition coefficient (Wildman–Crippen LogP) is 1.32. The van der Waals surface area contributed by atoms with Gasteiger partial charge in [-0.2, -0.15) is 0 Å². The lowest BCUT2D eigenvalue weighted by Crippen LogP contribution is -2.12. The summed E-state index contributed by atoms with van der Waals surface area (Å²) >= 11 is 5.46. The van der Waals surface area contributed by atoms with Crippen LogP contribution in [0, 0.1) is 0 Å². The zero-order chi connectivity index (χ0) is 6.41. The summed E-state index contributed by atoms with van der Waals surface area (Å²) in [5.74, 6) is 0.691. The van der Waals surface area contributed by atoms with Crippen LogP contribution in [0.3, 0.4) is 0 Å². The monoisotopic (exact) mass is 150 g/mol. The highest BCUT2D eigenvalue weighted by atomic mass is 35.5. The lowest BCUT2D eigenvalue weighted by atomic mass is 11.0. The summed E-state index contributed by atoms with van der Waals surface area (Å²) in [4.78, 5) is 0. The third kappa shape index (κ3) is 3.24. The fraction of sp³-hybridized carbons (Fsp3) is 0.600. The van der Waals surface area contributed by atoms with Crippen molar-refractivity contribution in [1.29, 1.82) is 0 Å². The highest BCUT2D eigenvalue weighted by molar-refractivity contribution is 6.58. The number of hydrogen-bond acceptors (Lipinski definition) is 1. The second kappa shape index (κ2) is 5.35. The Hall–Kier alpha value is 0.207. The van der Waals surface area contributed by atoms with Crippen LogP contribution in [0.2, 0.25) is 6.04 Å². The molecule has 0 N–H and O–H groups in total. The van der Waals surface area contributed by atoms with Crippen molar-refractivity contribution in [2.24, 2.45) is 0 Å². The van der Waals surface area contributed by atoms with Crippen LogP contribution in [0.4, 0.5) is 0 Å². The Morgan fingerprint density at radius 1 is 1.88 bits per heavy atom. The van der Waals surface area contributed by atoms with E-state index in [-0.39, 0.29) is 0 Å². The molecule has 0 aromatic rings. The van der Waals surface area contributed by atoms with Gasteiger partial charge in [-0.25, -0.2) is 0 Å². The number of hydrogen-bond donors (Lipinski definition) is 0. The SMILES string of the molecule is C=C[SiH](CCCl)OC. The molecule has 0 spiro atoms. The van der Waals surface area contributed by atoms with Gasteiger partial charge in [0.15, 0.2) is 0 Å². The van der Waals surface area contributed by atoms with Crippen molar-refractivity contribution in [1.82, 2.24) is 0 Å². The molecule has 1 nitrogen and oxygen atoms in total. The molecule has 0 heterocycles. The molecule has 0 saturated carbocycles. The van der Waals surface area contributed by atoms with Crippen molar-refractivity contribution in [3.8, 4) is 0 Å². The summed E-state index contributed by atoms with van der Waals surface area (Å²) in [6, 6.07) is 0.988. The van der Waals surface area contributed by atoms with E-state index in [9.17, 15) is 0 Å². The number of halogens is 1. The number of alkyl halides is 1. The van der Waals surface area contributed by atoms with Gasteiger partial charge in [0.05, 0.1) is 0 Å². The Labute approximate surface area is 57.0 Å². The molecular weight excluding hydrogens is 140 g/mol. The zero-order valence-electron chi connectivity index (χ0n) is 5.06. The maximum Gasteiger partial charge on any atom is 0.201 e. The van der Waals surface area contributed by atoms with Gasteiger partial charge in [-0.05, 0) is 6.04 Å². The van der Waals surface area contributed by atoms with E-state index in [1.165, 1.54) is 0 Å². The molecule has 3 heteroatoms. The van der Waals surface area contributed by atoms with Crippen LogP contribution in [0.25, 0.3) is 0 Å². The van der Waals surface area contributed by atoms with E-state index in [1.54, 1.807) is 7.11 Å². The van der Waals surface area contributed by atoms with Crippen molar-refractivity contribution in [3.63, 3.8) is 0 Å². The van der Waals surface area contributed by atoms with E-state index in [0.717, 1.165) is 6.04 Å². The molecular formula is C5H11ClOSi. The average Bonchev–Trinajstić information content (AvgIpc) is 1.83. The molecule has 0 aromatic heterocycles. The summed E-state index contributed by atoms with van der Waals surface area (Å²) in [6.45, 7) is 3.63. The van der Waals surface area contributed by atoms with Crippen LogP contribution in [0.5, 0.6) is 0 Å². The van der Waals surface area contributed by atoms with Gasteiger partial charge in [-0.1, -0.05) is 5.70 Å². The summed E-state index contributed by atoms with van der Waals surface area (Å²) < 4.78 is 5.08. The number of rotatable bonds is 4. The van der Waals surface area contributed by atoms with Gasteiger partial charge < -0.3 is 4.43 Å². The molecule has 0 aromatic carbocycles. The van der Waals surface area contributed by atoms with Crippen molar-refractivity contribution in [2.75, 3.05) is 13.0 Å². The summed E-state index contributed by atoms with van der Waals surface area (Å²) in [5.41, 5.74) is 1.89. The van der Waals surface area contributed by atoms with Crippen molar-refractivity contribution in [3.05, 3.63) is 12.3 Å². The Balaban J connectivity index is 3.21. The van der Waals surface area contributed by atoms with Gasteiger partial charge >= 0.3 is 0 Å². The molecule has 0 amide bonds. The molecule has 48 valence electrons. The van der Waals surface area contributed by atoms with Gasteiger partial charge in [0.25, 0.3) is 0 Å². The Kier molecular flexibility index (Phi) is 5.48. The Morgan fingerprint density at radius 3 is 2.62 bits per heavy atom. The largest absolute Gasteiger partial charge is 0.419 e. The first-order valence-corrected chi connectivity index (χ1v) is 5.05. The third-order valence-corrected chi connectivity index (χ3v) is 3.53.